The van der Waals surface area contributed by atoms with Gasteiger partial charge in [0, 0.05) is 0 Å². The topological polar surface area (TPSA) is 188 Å². The fourth-order valence-electron chi connectivity index (χ4n) is 2.38. The summed E-state index contributed by atoms with van der Waals surface area (Å²) in [5, 5.41) is 25.2. The van der Waals surface area contributed by atoms with Gasteiger partial charge in [-0.1, -0.05) is 13.8 Å². The first kappa shape index (κ1) is 26.7. The molecule has 11 nitrogen and oxygen atoms in total. The second kappa shape index (κ2) is 13.8. The number of carboxylic acids is 2. The van der Waals surface area contributed by atoms with Crippen LogP contribution in [-0.4, -0.2) is 76.6 Å². The molecule has 29 heavy (non-hydrogen) atoms. The molecule has 166 valence electrons. The van der Waals surface area contributed by atoms with Crippen molar-refractivity contribution in [3.05, 3.63) is 0 Å². The molecule has 12 heteroatoms. The van der Waals surface area contributed by atoms with Gasteiger partial charge in [0.05, 0.1) is 13.0 Å². The van der Waals surface area contributed by atoms with Gasteiger partial charge in [-0.15, -0.1) is 0 Å². The number of carboxylic acid groups (broad SMARTS) is 2. The minimum absolute atomic E-state index is 0.0305. The Morgan fingerprint density at radius 2 is 1.48 bits per heavy atom. The summed E-state index contributed by atoms with van der Waals surface area (Å²) < 4.78 is 0. The summed E-state index contributed by atoms with van der Waals surface area (Å²) in [6.07, 6.45) is 1.51. The number of nitrogens with one attached hydrogen (secondary N) is 3. The van der Waals surface area contributed by atoms with Gasteiger partial charge in [0.25, 0.3) is 0 Å². The maximum Gasteiger partial charge on any atom is 0.326 e. The van der Waals surface area contributed by atoms with E-state index in [-0.39, 0.29) is 18.8 Å². The molecule has 0 saturated carbocycles. The average Bonchev–Trinajstić information content (AvgIpc) is 2.62. The van der Waals surface area contributed by atoms with Crippen molar-refractivity contribution in [2.75, 3.05) is 18.6 Å². The molecule has 7 N–H and O–H groups in total. The van der Waals surface area contributed by atoms with Crippen molar-refractivity contribution in [2.45, 2.75) is 51.2 Å². The van der Waals surface area contributed by atoms with E-state index < -0.39 is 60.8 Å². The number of hydrogen-bond donors (Lipinski definition) is 6. The molecule has 0 aromatic heterocycles. The Balaban J connectivity index is 5.33. The molecular weight excluding hydrogens is 404 g/mol. The molecular formula is C17H30N4O7S. The summed E-state index contributed by atoms with van der Waals surface area (Å²) in [6, 6.07) is -3.63. The summed E-state index contributed by atoms with van der Waals surface area (Å²) in [7, 11) is 0. The van der Waals surface area contributed by atoms with Crippen LogP contribution in [0.4, 0.5) is 0 Å². The average molecular weight is 435 g/mol. The normalized spacial score (nSPS) is 13.8. The molecule has 0 radical (unpaired) electrons. The molecule has 0 aliphatic carbocycles. The number of hydrogen-bond acceptors (Lipinski definition) is 7. The number of carbonyl (C=O) groups is 5. The monoisotopic (exact) mass is 434 g/mol. The summed E-state index contributed by atoms with van der Waals surface area (Å²) in [5.74, 6) is -4.32. The van der Waals surface area contributed by atoms with Crippen LogP contribution in [0, 0.1) is 5.92 Å². The lowest BCUT2D eigenvalue weighted by atomic mass is 10.0. The second-order valence-electron chi connectivity index (χ2n) is 6.79. The summed E-state index contributed by atoms with van der Waals surface area (Å²) >= 11 is 1.43. The van der Waals surface area contributed by atoms with Gasteiger partial charge in [0.15, 0.2) is 0 Å². The van der Waals surface area contributed by atoms with E-state index in [9.17, 15) is 29.1 Å². The Kier molecular flexibility index (Phi) is 12.7. The highest BCUT2D eigenvalue weighted by atomic mass is 32.2. The predicted molar refractivity (Wildman–Crippen MR) is 107 cm³/mol. The van der Waals surface area contributed by atoms with Crippen LogP contribution in [0.1, 0.15) is 33.1 Å². The molecule has 0 fully saturated rings. The van der Waals surface area contributed by atoms with Gasteiger partial charge in [-0.2, -0.15) is 11.8 Å². The molecule has 0 rings (SSSR count). The van der Waals surface area contributed by atoms with Crippen LogP contribution in [0.2, 0.25) is 0 Å². The van der Waals surface area contributed by atoms with Crippen LogP contribution in [0.5, 0.6) is 0 Å². The van der Waals surface area contributed by atoms with Gasteiger partial charge in [-0.05, 0) is 30.8 Å². The van der Waals surface area contributed by atoms with Crippen LogP contribution in [-0.2, 0) is 24.0 Å². The number of carbonyl (C=O) groups excluding carboxylic acids is 3. The molecule has 0 spiro atoms. The lowest BCUT2D eigenvalue weighted by Gasteiger charge is -2.25. The number of nitrogens with two attached hydrogens (primary N) is 1. The third-order valence-corrected chi connectivity index (χ3v) is 4.43. The van der Waals surface area contributed by atoms with Gasteiger partial charge >= 0.3 is 11.9 Å². The summed E-state index contributed by atoms with van der Waals surface area (Å²) in [6.45, 7) is 3.18. The molecule has 3 unspecified atom stereocenters. The largest absolute Gasteiger partial charge is 0.481 e. The predicted octanol–water partition coefficient (Wildman–Crippen LogP) is -1.24. The fourth-order valence-corrected chi connectivity index (χ4v) is 2.85. The van der Waals surface area contributed by atoms with E-state index in [0.29, 0.717) is 5.75 Å². The Morgan fingerprint density at radius 1 is 0.931 bits per heavy atom. The first-order valence-electron chi connectivity index (χ1n) is 9.05. The lowest BCUT2D eigenvalue weighted by Crippen LogP contribution is -2.56. The van der Waals surface area contributed by atoms with Crippen LogP contribution in [0.15, 0.2) is 0 Å². The Hall–Kier alpha value is -2.34. The molecule has 0 aromatic carbocycles. The zero-order chi connectivity index (χ0) is 22.6. The molecule has 0 bridgehead atoms. The SMILES string of the molecule is CSCCC(NC(=O)C(CC(C)C)NC(=O)C(CC(=O)O)NC(=O)CN)C(=O)O. The maximum atomic E-state index is 12.6. The van der Waals surface area contributed by atoms with Crippen molar-refractivity contribution in [1.82, 2.24) is 16.0 Å². The van der Waals surface area contributed by atoms with Gasteiger partial charge in [-0.3, -0.25) is 19.2 Å². The maximum absolute atomic E-state index is 12.6. The van der Waals surface area contributed by atoms with Gasteiger partial charge in [0.1, 0.15) is 18.1 Å². The van der Waals surface area contributed by atoms with E-state index in [2.05, 4.69) is 16.0 Å². The smallest absolute Gasteiger partial charge is 0.326 e. The van der Waals surface area contributed by atoms with E-state index in [4.69, 9.17) is 10.8 Å². The van der Waals surface area contributed by atoms with Gasteiger partial charge in [-0.25, -0.2) is 4.79 Å². The van der Waals surface area contributed by atoms with Crippen molar-refractivity contribution < 1.29 is 34.2 Å². The fraction of sp³-hybridized carbons (Fsp3) is 0.706. The minimum Gasteiger partial charge on any atom is -0.481 e. The molecule has 0 aliphatic heterocycles. The third kappa shape index (κ3) is 11.3. The van der Waals surface area contributed by atoms with Crippen molar-refractivity contribution in [3.8, 4) is 0 Å². The number of rotatable bonds is 14. The lowest BCUT2D eigenvalue weighted by molar-refractivity contribution is -0.143. The molecule has 0 aromatic rings. The Morgan fingerprint density at radius 3 is 1.93 bits per heavy atom. The van der Waals surface area contributed by atoms with Gasteiger partial charge < -0.3 is 31.9 Å². The molecule has 0 aliphatic rings. The van der Waals surface area contributed by atoms with E-state index in [1.165, 1.54) is 11.8 Å². The first-order chi connectivity index (χ1) is 13.5. The first-order valence-corrected chi connectivity index (χ1v) is 10.4. The van der Waals surface area contributed by atoms with E-state index in [1.54, 1.807) is 20.1 Å². The van der Waals surface area contributed by atoms with Crippen molar-refractivity contribution in [2.24, 2.45) is 11.7 Å². The highest BCUT2D eigenvalue weighted by molar-refractivity contribution is 7.98. The van der Waals surface area contributed by atoms with Gasteiger partial charge in [0.2, 0.25) is 17.7 Å². The molecule has 0 saturated heterocycles. The van der Waals surface area contributed by atoms with Crippen LogP contribution < -0.4 is 21.7 Å². The Labute approximate surface area is 173 Å². The number of thioether (sulfide) groups is 1. The van der Waals surface area contributed by atoms with Crippen LogP contribution >= 0.6 is 11.8 Å². The van der Waals surface area contributed by atoms with Crippen LogP contribution in [0.25, 0.3) is 0 Å². The Bertz CT molecular complexity index is 600. The van der Waals surface area contributed by atoms with Crippen molar-refractivity contribution in [1.29, 1.82) is 0 Å². The zero-order valence-electron chi connectivity index (χ0n) is 16.8. The second-order valence-corrected chi connectivity index (χ2v) is 7.78. The van der Waals surface area contributed by atoms with Crippen LogP contribution in [0.3, 0.4) is 0 Å². The summed E-state index contributed by atoms with van der Waals surface area (Å²) in [5.41, 5.74) is 5.18. The molecule has 3 amide bonds. The number of amides is 3. The quantitative estimate of drug-likeness (QED) is 0.194. The van der Waals surface area contributed by atoms with Crippen molar-refractivity contribution in [3.63, 3.8) is 0 Å². The van der Waals surface area contributed by atoms with E-state index in [0.717, 1.165) is 0 Å². The molecule has 0 heterocycles. The minimum atomic E-state index is -1.42. The van der Waals surface area contributed by atoms with E-state index >= 15 is 0 Å². The summed E-state index contributed by atoms with van der Waals surface area (Å²) in [4.78, 5) is 58.9. The molecule has 3 atom stereocenters. The third-order valence-electron chi connectivity index (χ3n) is 3.78. The zero-order valence-corrected chi connectivity index (χ0v) is 17.6. The highest BCUT2D eigenvalue weighted by Crippen LogP contribution is 2.08. The standard InChI is InChI=1S/C17H30N4O7S/c1-9(2)6-11(15(25)20-10(17(27)28)4-5-29-3)21-16(26)12(7-14(23)24)19-13(22)8-18/h9-12H,4-8,18H2,1-3H3,(H,19,22)(H,20,25)(H,21,26)(H,23,24)(H,27,28). The highest BCUT2D eigenvalue weighted by Gasteiger charge is 2.30. The van der Waals surface area contributed by atoms with Crippen molar-refractivity contribution >= 4 is 41.4 Å². The van der Waals surface area contributed by atoms with E-state index in [1.807, 2.05) is 0 Å². The number of aliphatic carboxylic acids is 2.